The van der Waals surface area contributed by atoms with Gasteiger partial charge in [0.05, 0.1) is 12.8 Å². The zero-order valence-electron chi connectivity index (χ0n) is 11.0. The van der Waals surface area contributed by atoms with E-state index in [0.717, 1.165) is 15.6 Å². The van der Waals surface area contributed by atoms with E-state index in [1.165, 1.54) is 13.3 Å². The summed E-state index contributed by atoms with van der Waals surface area (Å²) in [6.45, 7) is 4.29. The number of aryl methyl sites for hydroxylation is 2. The predicted molar refractivity (Wildman–Crippen MR) is 71.5 cm³/mol. The average molecular weight is 278 g/mol. The minimum absolute atomic E-state index is 0.176. The van der Waals surface area contributed by atoms with Gasteiger partial charge in [-0.25, -0.2) is 14.8 Å². The maximum absolute atomic E-state index is 11.5. The Bertz CT molecular complexity index is 576. The van der Waals surface area contributed by atoms with Crippen LogP contribution in [-0.4, -0.2) is 23.0 Å². The van der Waals surface area contributed by atoms with Crippen LogP contribution >= 0.6 is 11.3 Å². The van der Waals surface area contributed by atoms with Crippen LogP contribution in [0.5, 0.6) is 5.75 Å². The summed E-state index contributed by atoms with van der Waals surface area (Å²) in [6, 6.07) is 3.40. The highest BCUT2D eigenvalue weighted by Gasteiger charge is 2.14. The second-order valence-corrected chi connectivity index (χ2v) is 5.17. The molecule has 0 N–H and O–H groups in total. The number of ether oxygens (including phenoxy) is 2. The fraction of sp³-hybridized carbons (Fsp3) is 0.308. The van der Waals surface area contributed by atoms with Crippen LogP contribution in [-0.2, 0) is 11.3 Å². The van der Waals surface area contributed by atoms with Gasteiger partial charge in [0.15, 0.2) is 11.4 Å². The van der Waals surface area contributed by atoms with Crippen molar-refractivity contribution in [2.45, 2.75) is 20.5 Å². The molecule has 0 unspecified atom stereocenters. The van der Waals surface area contributed by atoms with E-state index < -0.39 is 5.97 Å². The highest BCUT2D eigenvalue weighted by molar-refractivity contribution is 7.11. The van der Waals surface area contributed by atoms with Crippen LogP contribution in [0.3, 0.4) is 0 Å². The summed E-state index contributed by atoms with van der Waals surface area (Å²) in [4.78, 5) is 21.0. The molecular formula is C13H14N2O3S. The number of rotatable bonds is 4. The molecule has 0 saturated heterocycles. The van der Waals surface area contributed by atoms with Crippen LogP contribution in [0.15, 0.2) is 18.3 Å². The molecule has 0 bridgehead atoms. The van der Waals surface area contributed by atoms with E-state index in [9.17, 15) is 4.79 Å². The zero-order valence-corrected chi connectivity index (χ0v) is 11.8. The van der Waals surface area contributed by atoms with Crippen molar-refractivity contribution in [2.75, 3.05) is 7.11 Å². The lowest BCUT2D eigenvalue weighted by Crippen LogP contribution is -2.08. The first-order chi connectivity index (χ1) is 9.11. The van der Waals surface area contributed by atoms with Crippen molar-refractivity contribution >= 4 is 17.3 Å². The summed E-state index contributed by atoms with van der Waals surface area (Å²) >= 11 is 1.58. The van der Waals surface area contributed by atoms with E-state index in [4.69, 9.17) is 4.74 Å². The van der Waals surface area contributed by atoms with Crippen LogP contribution < -0.4 is 4.74 Å². The molecule has 0 aliphatic carbocycles. The summed E-state index contributed by atoms with van der Waals surface area (Å²) in [7, 11) is 1.31. The van der Waals surface area contributed by atoms with E-state index in [1.54, 1.807) is 23.5 Å². The second-order valence-electron chi connectivity index (χ2n) is 3.88. The molecular weight excluding hydrogens is 264 g/mol. The number of methoxy groups -OCH3 is 1. The first-order valence-electron chi connectivity index (χ1n) is 5.71. The third kappa shape index (κ3) is 3.08. The van der Waals surface area contributed by atoms with Crippen molar-refractivity contribution in [3.8, 4) is 5.75 Å². The Labute approximate surface area is 115 Å². The minimum atomic E-state index is -0.512. The molecule has 19 heavy (non-hydrogen) atoms. The third-order valence-corrected chi connectivity index (χ3v) is 3.62. The molecule has 0 amide bonds. The maximum atomic E-state index is 11.5. The topological polar surface area (TPSA) is 61.3 Å². The van der Waals surface area contributed by atoms with E-state index in [0.29, 0.717) is 12.4 Å². The number of pyridine rings is 1. The van der Waals surface area contributed by atoms with Crippen molar-refractivity contribution in [2.24, 2.45) is 0 Å². The number of nitrogens with zero attached hydrogens (tertiary/aromatic N) is 2. The van der Waals surface area contributed by atoms with E-state index in [1.807, 2.05) is 13.8 Å². The molecule has 6 heteroatoms. The van der Waals surface area contributed by atoms with E-state index in [-0.39, 0.29) is 5.69 Å². The highest BCUT2D eigenvalue weighted by Crippen LogP contribution is 2.21. The number of carbonyl (C=O) groups excluding carboxylic acids is 1. The number of thiazole rings is 1. The normalized spacial score (nSPS) is 10.3. The molecule has 0 aromatic carbocycles. The molecule has 2 heterocycles. The molecule has 0 aliphatic heterocycles. The summed E-state index contributed by atoms with van der Waals surface area (Å²) in [5.41, 5.74) is 1.18. The molecule has 0 radical (unpaired) electrons. The molecule has 0 saturated carbocycles. The van der Waals surface area contributed by atoms with Gasteiger partial charge in [-0.05, 0) is 26.0 Å². The Hall–Kier alpha value is -1.95. The SMILES string of the molecule is COC(=O)c1ncccc1OCc1nc(C)c(C)s1. The molecule has 0 aliphatic rings. The lowest BCUT2D eigenvalue weighted by atomic mass is 10.3. The molecule has 2 rings (SSSR count). The van der Waals surface area contributed by atoms with Crippen LogP contribution in [0.25, 0.3) is 0 Å². The van der Waals surface area contributed by atoms with Gasteiger partial charge < -0.3 is 9.47 Å². The van der Waals surface area contributed by atoms with Gasteiger partial charge in [-0.2, -0.15) is 0 Å². The molecule has 2 aromatic heterocycles. The highest BCUT2D eigenvalue weighted by atomic mass is 32.1. The van der Waals surface area contributed by atoms with Crippen molar-refractivity contribution in [1.82, 2.24) is 9.97 Å². The van der Waals surface area contributed by atoms with Gasteiger partial charge in [0.25, 0.3) is 0 Å². The van der Waals surface area contributed by atoms with Gasteiger partial charge in [0, 0.05) is 11.1 Å². The standard InChI is InChI=1S/C13H14N2O3S/c1-8-9(2)19-11(15-8)7-18-10-5-4-6-14-12(10)13(16)17-3/h4-6H,7H2,1-3H3. The number of esters is 1. The van der Waals surface area contributed by atoms with E-state index in [2.05, 4.69) is 14.7 Å². The third-order valence-electron chi connectivity index (χ3n) is 2.57. The molecule has 5 nitrogen and oxygen atoms in total. The predicted octanol–water partition coefficient (Wildman–Crippen LogP) is 2.52. The van der Waals surface area contributed by atoms with Crippen molar-refractivity contribution in [3.05, 3.63) is 39.6 Å². The zero-order chi connectivity index (χ0) is 13.8. The van der Waals surface area contributed by atoms with Gasteiger partial charge >= 0.3 is 5.97 Å². The van der Waals surface area contributed by atoms with Crippen molar-refractivity contribution in [3.63, 3.8) is 0 Å². The molecule has 100 valence electrons. The monoisotopic (exact) mass is 278 g/mol. The number of carbonyl (C=O) groups is 1. The molecule has 0 atom stereocenters. The van der Waals surface area contributed by atoms with Crippen LogP contribution in [0.1, 0.15) is 26.1 Å². The number of hydrogen-bond acceptors (Lipinski definition) is 6. The Morgan fingerprint density at radius 3 is 2.84 bits per heavy atom. The summed E-state index contributed by atoms with van der Waals surface area (Å²) in [5, 5.41) is 0.870. The van der Waals surface area contributed by atoms with Crippen LogP contribution in [0, 0.1) is 13.8 Å². The summed E-state index contributed by atoms with van der Waals surface area (Å²) < 4.78 is 10.3. The smallest absolute Gasteiger partial charge is 0.360 e. The van der Waals surface area contributed by atoms with Gasteiger partial charge in [-0.3, -0.25) is 0 Å². The average Bonchev–Trinajstić information content (AvgIpc) is 2.75. The van der Waals surface area contributed by atoms with Crippen LogP contribution in [0.2, 0.25) is 0 Å². The Morgan fingerprint density at radius 2 is 2.21 bits per heavy atom. The summed E-state index contributed by atoms with van der Waals surface area (Å²) in [5.74, 6) is -0.109. The van der Waals surface area contributed by atoms with Crippen molar-refractivity contribution in [1.29, 1.82) is 0 Å². The number of aromatic nitrogens is 2. The quantitative estimate of drug-likeness (QED) is 0.804. The van der Waals surface area contributed by atoms with Gasteiger partial charge in [-0.15, -0.1) is 11.3 Å². The first-order valence-corrected chi connectivity index (χ1v) is 6.52. The molecule has 0 spiro atoms. The van der Waals surface area contributed by atoms with Gasteiger partial charge in [0.1, 0.15) is 11.6 Å². The van der Waals surface area contributed by atoms with Gasteiger partial charge in [-0.1, -0.05) is 0 Å². The Morgan fingerprint density at radius 1 is 1.42 bits per heavy atom. The lowest BCUT2D eigenvalue weighted by molar-refractivity contribution is 0.0588. The first kappa shape index (κ1) is 13.5. The second kappa shape index (κ2) is 5.79. The fourth-order valence-corrected chi connectivity index (χ4v) is 2.34. The lowest BCUT2D eigenvalue weighted by Gasteiger charge is -2.07. The maximum Gasteiger partial charge on any atom is 0.360 e. The fourth-order valence-electron chi connectivity index (χ4n) is 1.50. The Kier molecular flexibility index (Phi) is 4.11. The molecule has 0 fully saturated rings. The van der Waals surface area contributed by atoms with Crippen molar-refractivity contribution < 1.29 is 14.3 Å². The van der Waals surface area contributed by atoms with Crippen LogP contribution in [0.4, 0.5) is 0 Å². The minimum Gasteiger partial charge on any atom is -0.484 e. The van der Waals surface area contributed by atoms with Gasteiger partial charge in [0.2, 0.25) is 0 Å². The van der Waals surface area contributed by atoms with E-state index >= 15 is 0 Å². The Balaban J connectivity index is 2.13. The summed E-state index contributed by atoms with van der Waals surface area (Å²) in [6.07, 6.45) is 1.52. The number of hydrogen-bond donors (Lipinski definition) is 0. The molecule has 2 aromatic rings. The largest absolute Gasteiger partial charge is 0.484 e.